The maximum atomic E-state index is 13.6. The molecule has 38 heavy (non-hydrogen) atoms. The van der Waals surface area contributed by atoms with Crippen LogP contribution in [0, 0.1) is 6.92 Å². The lowest BCUT2D eigenvalue weighted by atomic mass is 9.90. The fraction of sp³-hybridized carbons (Fsp3) is 0.267. The maximum absolute atomic E-state index is 13.6. The summed E-state index contributed by atoms with van der Waals surface area (Å²) in [6, 6.07) is 25.3. The van der Waals surface area contributed by atoms with E-state index < -0.39 is 0 Å². The number of benzene rings is 3. The highest BCUT2D eigenvalue weighted by atomic mass is 16.2. The van der Waals surface area contributed by atoms with Crippen LogP contribution in [-0.4, -0.2) is 33.9 Å². The van der Waals surface area contributed by atoms with Gasteiger partial charge in [0, 0.05) is 5.39 Å². The zero-order valence-electron chi connectivity index (χ0n) is 21.5. The van der Waals surface area contributed by atoms with Crippen molar-refractivity contribution >= 4 is 28.6 Å². The van der Waals surface area contributed by atoms with Crippen LogP contribution in [0.2, 0.25) is 0 Å². The van der Waals surface area contributed by atoms with Crippen LogP contribution in [0.25, 0.3) is 10.9 Å². The summed E-state index contributed by atoms with van der Waals surface area (Å²) >= 11 is 0. The van der Waals surface area contributed by atoms with E-state index in [1.54, 1.807) is 0 Å². The molecule has 0 bridgehead atoms. The molecule has 1 aliphatic carbocycles. The highest BCUT2D eigenvalue weighted by molar-refractivity contribution is 5.97. The van der Waals surface area contributed by atoms with E-state index in [0.29, 0.717) is 11.3 Å². The normalized spacial score (nSPS) is 17.2. The number of nitrogens with zero attached hydrogens (tertiary/aromatic N) is 3. The van der Waals surface area contributed by atoms with Crippen molar-refractivity contribution in [3.05, 3.63) is 101 Å². The fourth-order valence-corrected chi connectivity index (χ4v) is 5.10. The van der Waals surface area contributed by atoms with Gasteiger partial charge in [-0.05, 0) is 43.0 Å². The highest BCUT2D eigenvalue weighted by Crippen LogP contribution is 2.29. The first-order valence-electron chi connectivity index (χ1n) is 13.0. The molecule has 1 aromatic heterocycles. The van der Waals surface area contributed by atoms with Gasteiger partial charge in [0.25, 0.3) is 5.91 Å². The molecule has 0 spiro atoms. The van der Waals surface area contributed by atoms with Crippen molar-refractivity contribution in [3.8, 4) is 0 Å². The number of nitrogens with two attached hydrogens (primary N) is 2. The van der Waals surface area contributed by atoms with Crippen molar-refractivity contribution in [1.29, 1.82) is 0 Å². The van der Waals surface area contributed by atoms with Gasteiger partial charge in [0.05, 0.1) is 23.6 Å². The van der Waals surface area contributed by atoms with Gasteiger partial charge in [-0.2, -0.15) is 0 Å². The Morgan fingerprint density at radius 1 is 0.921 bits per heavy atom. The molecule has 0 aliphatic heterocycles. The molecular formula is C30H33N7O. The molecule has 2 unspecified atom stereocenters. The van der Waals surface area contributed by atoms with Gasteiger partial charge in [0.1, 0.15) is 5.82 Å². The van der Waals surface area contributed by atoms with Gasteiger partial charge in [-0.25, -0.2) is 15.0 Å². The SMILES string of the molecule is Cc1ccc2nc(C(=O)NC(c3ccccc3)c3ccccc3)nc(NC3CCCCC3N=C(N)N)c2c1. The van der Waals surface area contributed by atoms with Crippen LogP contribution < -0.4 is 22.1 Å². The van der Waals surface area contributed by atoms with Crippen LogP contribution in [0.5, 0.6) is 0 Å². The Morgan fingerprint density at radius 2 is 1.58 bits per heavy atom. The summed E-state index contributed by atoms with van der Waals surface area (Å²) in [7, 11) is 0. The third-order valence-electron chi connectivity index (χ3n) is 6.96. The van der Waals surface area contributed by atoms with Gasteiger partial charge in [-0.15, -0.1) is 0 Å². The standard InChI is InChI=1S/C30H33N7O/c1-19-16-17-23-22(18-19)27(34-24-14-8-9-15-25(24)35-30(31)32)37-28(33-23)29(38)36-26(20-10-4-2-5-11-20)21-12-6-3-7-13-21/h2-7,10-13,16-18,24-26H,8-9,14-15H2,1H3,(H,36,38)(H4,31,32,35)(H,33,34,37). The summed E-state index contributed by atoms with van der Waals surface area (Å²) in [6.45, 7) is 2.02. The van der Waals surface area contributed by atoms with Gasteiger partial charge in [0.2, 0.25) is 5.82 Å². The zero-order chi connectivity index (χ0) is 26.5. The number of hydrogen-bond acceptors (Lipinski definition) is 5. The number of carbonyl (C=O) groups is 1. The third-order valence-corrected chi connectivity index (χ3v) is 6.96. The molecule has 1 amide bonds. The van der Waals surface area contributed by atoms with Gasteiger partial charge in [-0.1, -0.05) is 85.1 Å². The van der Waals surface area contributed by atoms with Gasteiger partial charge >= 0.3 is 0 Å². The summed E-state index contributed by atoms with van der Waals surface area (Å²) in [4.78, 5) is 27.5. The highest BCUT2D eigenvalue weighted by Gasteiger charge is 2.27. The summed E-state index contributed by atoms with van der Waals surface area (Å²) in [5.74, 6) is 0.454. The molecular weight excluding hydrogens is 474 g/mol. The number of amides is 1. The predicted octanol–water partition coefficient (Wildman–Crippen LogP) is 4.45. The molecule has 1 fully saturated rings. The Labute approximate surface area is 222 Å². The molecule has 1 heterocycles. The van der Waals surface area contributed by atoms with Crippen LogP contribution in [-0.2, 0) is 0 Å². The second-order valence-corrected chi connectivity index (χ2v) is 9.80. The lowest BCUT2D eigenvalue weighted by molar-refractivity contribution is 0.0933. The number of nitrogens with one attached hydrogen (secondary N) is 2. The van der Waals surface area contributed by atoms with E-state index in [2.05, 4.69) is 20.6 Å². The molecule has 8 heteroatoms. The molecule has 1 aliphatic rings. The van der Waals surface area contributed by atoms with Crippen molar-refractivity contribution in [1.82, 2.24) is 15.3 Å². The van der Waals surface area contributed by atoms with Crippen molar-refractivity contribution in [2.75, 3.05) is 5.32 Å². The minimum absolute atomic E-state index is 0.00163. The second kappa shape index (κ2) is 11.3. The Kier molecular flexibility index (Phi) is 7.49. The van der Waals surface area contributed by atoms with E-state index in [1.807, 2.05) is 85.8 Å². The number of hydrogen-bond donors (Lipinski definition) is 4. The first kappa shape index (κ1) is 25.2. The Bertz CT molecular complexity index is 1400. The number of guanidine groups is 1. The van der Waals surface area contributed by atoms with Crippen LogP contribution in [0.3, 0.4) is 0 Å². The van der Waals surface area contributed by atoms with E-state index in [4.69, 9.17) is 16.5 Å². The smallest absolute Gasteiger partial charge is 0.289 e. The minimum atomic E-state index is -0.349. The molecule has 0 radical (unpaired) electrons. The molecule has 4 aromatic rings. The van der Waals surface area contributed by atoms with Crippen LogP contribution in [0.15, 0.2) is 83.9 Å². The second-order valence-electron chi connectivity index (χ2n) is 9.80. The number of aromatic nitrogens is 2. The van der Waals surface area contributed by atoms with Gasteiger partial charge in [0.15, 0.2) is 5.96 Å². The van der Waals surface area contributed by atoms with Crippen molar-refractivity contribution in [3.63, 3.8) is 0 Å². The Morgan fingerprint density at radius 3 is 2.24 bits per heavy atom. The quantitative estimate of drug-likeness (QED) is 0.216. The molecule has 8 nitrogen and oxygen atoms in total. The van der Waals surface area contributed by atoms with E-state index >= 15 is 0 Å². The van der Waals surface area contributed by atoms with Crippen molar-refractivity contribution in [2.45, 2.75) is 50.7 Å². The van der Waals surface area contributed by atoms with Gasteiger partial charge < -0.3 is 22.1 Å². The molecule has 0 saturated heterocycles. The number of aryl methyl sites for hydroxylation is 1. The zero-order valence-corrected chi connectivity index (χ0v) is 21.5. The molecule has 3 aromatic carbocycles. The lowest BCUT2D eigenvalue weighted by Crippen LogP contribution is -2.38. The summed E-state index contributed by atoms with van der Waals surface area (Å²) in [5.41, 5.74) is 15.2. The third kappa shape index (κ3) is 5.75. The van der Waals surface area contributed by atoms with Crippen LogP contribution >= 0.6 is 0 Å². The number of anilines is 1. The van der Waals surface area contributed by atoms with Gasteiger partial charge in [-0.3, -0.25) is 4.79 Å². The summed E-state index contributed by atoms with van der Waals surface area (Å²) in [6.07, 6.45) is 3.93. The summed E-state index contributed by atoms with van der Waals surface area (Å²) in [5, 5.41) is 7.59. The first-order valence-corrected chi connectivity index (χ1v) is 13.0. The molecule has 6 N–H and O–H groups in total. The first-order chi connectivity index (χ1) is 18.5. The number of rotatable bonds is 7. The summed E-state index contributed by atoms with van der Waals surface area (Å²) < 4.78 is 0. The van der Waals surface area contributed by atoms with Crippen LogP contribution in [0.4, 0.5) is 5.82 Å². The average Bonchev–Trinajstić information content (AvgIpc) is 2.93. The molecule has 194 valence electrons. The predicted molar refractivity (Wildman–Crippen MR) is 152 cm³/mol. The Hall–Kier alpha value is -4.46. The minimum Gasteiger partial charge on any atom is -0.370 e. The average molecular weight is 508 g/mol. The van der Waals surface area contributed by atoms with E-state index in [9.17, 15) is 4.79 Å². The van der Waals surface area contributed by atoms with Crippen LogP contribution in [0.1, 0.15) is 59.0 Å². The number of fused-ring (bicyclic) bond motifs is 1. The largest absolute Gasteiger partial charge is 0.370 e. The molecule has 1 saturated carbocycles. The fourth-order valence-electron chi connectivity index (χ4n) is 5.10. The number of aliphatic imine (C=N–C) groups is 1. The topological polar surface area (TPSA) is 131 Å². The van der Waals surface area contributed by atoms with E-state index in [0.717, 1.165) is 47.8 Å². The molecule has 2 atom stereocenters. The van der Waals surface area contributed by atoms with Crippen molar-refractivity contribution < 1.29 is 4.79 Å². The van der Waals surface area contributed by atoms with Crippen molar-refractivity contribution in [2.24, 2.45) is 16.5 Å². The molecule has 5 rings (SSSR count). The lowest BCUT2D eigenvalue weighted by Gasteiger charge is -2.30. The monoisotopic (exact) mass is 507 g/mol. The van der Waals surface area contributed by atoms with E-state index in [-0.39, 0.29) is 35.8 Å². The maximum Gasteiger partial charge on any atom is 0.289 e. The number of carbonyl (C=O) groups excluding carboxylic acids is 1. The Balaban J connectivity index is 1.51. The van der Waals surface area contributed by atoms with E-state index in [1.165, 1.54) is 0 Å².